The van der Waals surface area contributed by atoms with Crippen molar-refractivity contribution in [3.63, 3.8) is 0 Å². The Labute approximate surface area is 116 Å². The van der Waals surface area contributed by atoms with E-state index < -0.39 is 0 Å². The molecule has 0 aliphatic heterocycles. The van der Waals surface area contributed by atoms with E-state index in [0.29, 0.717) is 23.6 Å². The van der Waals surface area contributed by atoms with Crippen LogP contribution in [-0.4, -0.2) is 27.6 Å². The number of halogens is 1. The number of carbonyl (C=O) groups excluding carboxylic acids is 1. The van der Waals surface area contributed by atoms with Crippen LogP contribution in [0.5, 0.6) is 0 Å². The lowest BCUT2D eigenvalue weighted by Gasteiger charge is -2.17. The molecule has 1 aromatic carbocycles. The Morgan fingerprint density at radius 2 is 2.00 bits per heavy atom. The van der Waals surface area contributed by atoms with Gasteiger partial charge in [0.15, 0.2) is 0 Å². The average molecular weight is 276 g/mol. The number of aromatic nitrogens is 2. The van der Waals surface area contributed by atoms with Crippen LogP contribution in [0.2, 0.25) is 0 Å². The summed E-state index contributed by atoms with van der Waals surface area (Å²) < 4.78 is 14.3. The molecular weight excluding hydrogens is 259 g/mol. The summed E-state index contributed by atoms with van der Waals surface area (Å²) in [5, 5.41) is 4.13. The molecule has 1 amide bonds. The van der Waals surface area contributed by atoms with Gasteiger partial charge in [0.25, 0.3) is 5.91 Å². The van der Waals surface area contributed by atoms with E-state index in [2.05, 4.69) is 5.10 Å². The summed E-state index contributed by atoms with van der Waals surface area (Å²) in [6.07, 6.45) is 0. The number of carbonyl (C=O) groups is 1. The molecule has 0 aliphatic carbocycles. The summed E-state index contributed by atoms with van der Waals surface area (Å²) in [4.78, 5) is 13.9. The van der Waals surface area contributed by atoms with Crippen molar-refractivity contribution in [1.29, 1.82) is 0 Å². The number of rotatable bonds is 3. The first-order chi connectivity index (χ1) is 9.40. The van der Waals surface area contributed by atoms with Crippen LogP contribution in [0.15, 0.2) is 24.3 Å². The summed E-state index contributed by atoms with van der Waals surface area (Å²) in [6, 6.07) is 6.04. The Kier molecular flexibility index (Phi) is 3.74. The molecule has 1 aromatic heterocycles. The van der Waals surface area contributed by atoms with Crippen molar-refractivity contribution in [2.75, 3.05) is 12.8 Å². The van der Waals surface area contributed by atoms with E-state index in [4.69, 9.17) is 5.73 Å². The van der Waals surface area contributed by atoms with Crippen molar-refractivity contribution in [2.45, 2.75) is 13.5 Å². The first kappa shape index (κ1) is 14.0. The number of benzene rings is 1. The van der Waals surface area contributed by atoms with E-state index in [1.807, 2.05) is 0 Å². The Balaban J connectivity index is 2.18. The van der Waals surface area contributed by atoms with E-state index in [-0.39, 0.29) is 11.7 Å². The number of amides is 1. The Hall–Kier alpha value is -2.37. The highest BCUT2D eigenvalue weighted by Gasteiger charge is 2.21. The predicted molar refractivity (Wildman–Crippen MR) is 74.6 cm³/mol. The molecule has 6 heteroatoms. The molecule has 0 radical (unpaired) electrons. The SMILES string of the molecule is Cc1nn(C)c(C(=O)N(C)Cc2ccc(F)cc2)c1N. The lowest BCUT2D eigenvalue weighted by Crippen LogP contribution is -2.28. The predicted octanol–water partition coefficient (Wildman–Crippen LogP) is 1.72. The number of nitrogens with zero attached hydrogens (tertiary/aromatic N) is 3. The number of aryl methyl sites for hydroxylation is 2. The fourth-order valence-electron chi connectivity index (χ4n) is 2.04. The molecule has 20 heavy (non-hydrogen) atoms. The van der Waals surface area contributed by atoms with Crippen LogP contribution in [0, 0.1) is 12.7 Å². The largest absolute Gasteiger partial charge is 0.395 e. The third-order valence-electron chi connectivity index (χ3n) is 3.15. The third kappa shape index (κ3) is 2.64. The first-order valence-electron chi connectivity index (χ1n) is 6.19. The van der Waals surface area contributed by atoms with E-state index in [0.717, 1.165) is 5.56 Å². The van der Waals surface area contributed by atoms with Gasteiger partial charge in [-0.1, -0.05) is 12.1 Å². The maximum atomic E-state index is 12.8. The van der Waals surface area contributed by atoms with Gasteiger partial charge < -0.3 is 10.6 Å². The van der Waals surface area contributed by atoms with Gasteiger partial charge in [-0.15, -0.1) is 0 Å². The van der Waals surface area contributed by atoms with Gasteiger partial charge in [0.1, 0.15) is 11.5 Å². The second-order valence-corrected chi connectivity index (χ2v) is 4.76. The molecule has 2 N–H and O–H groups in total. The number of nitrogens with two attached hydrogens (primary N) is 1. The highest BCUT2D eigenvalue weighted by atomic mass is 19.1. The van der Waals surface area contributed by atoms with E-state index in [1.165, 1.54) is 21.7 Å². The monoisotopic (exact) mass is 276 g/mol. The summed E-state index contributed by atoms with van der Waals surface area (Å²) in [6.45, 7) is 2.13. The number of hydrogen-bond acceptors (Lipinski definition) is 3. The van der Waals surface area contributed by atoms with Gasteiger partial charge in [-0.25, -0.2) is 4.39 Å². The second kappa shape index (κ2) is 5.32. The molecule has 0 unspecified atom stereocenters. The number of anilines is 1. The summed E-state index contributed by atoms with van der Waals surface area (Å²) in [7, 11) is 3.36. The fourth-order valence-corrected chi connectivity index (χ4v) is 2.04. The molecule has 106 valence electrons. The molecule has 0 atom stereocenters. The minimum absolute atomic E-state index is 0.213. The molecule has 0 aliphatic rings. The molecule has 0 fully saturated rings. The summed E-state index contributed by atoms with van der Waals surface area (Å²) >= 11 is 0. The van der Waals surface area contributed by atoms with Gasteiger partial charge in [0.2, 0.25) is 0 Å². The van der Waals surface area contributed by atoms with Gasteiger partial charge in [-0.2, -0.15) is 5.10 Å². The standard InChI is InChI=1S/C14H17FN4O/c1-9-12(16)13(19(3)17-9)14(20)18(2)8-10-4-6-11(15)7-5-10/h4-7H,8,16H2,1-3H3. The number of hydrogen-bond donors (Lipinski definition) is 1. The van der Waals surface area contributed by atoms with Gasteiger partial charge in [0, 0.05) is 20.6 Å². The molecule has 0 saturated heterocycles. The van der Waals surface area contributed by atoms with Crippen LogP contribution in [0.4, 0.5) is 10.1 Å². The van der Waals surface area contributed by atoms with Crippen LogP contribution in [-0.2, 0) is 13.6 Å². The third-order valence-corrected chi connectivity index (χ3v) is 3.15. The minimum atomic E-state index is -0.297. The zero-order valence-electron chi connectivity index (χ0n) is 11.7. The molecule has 2 aromatic rings. The molecule has 1 heterocycles. The van der Waals surface area contributed by atoms with E-state index >= 15 is 0 Å². The lowest BCUT2D eigenvalue weighted by molar-refractivity contribution is 0.0775. The smallest absolute Gasteiger partial charge is 0.274 e. The van der Waals surface area contributed by atoms with Gasteiger partial charge in [0.05, 0.1) is 11.4 Å². The topological polar surface area (TPSA) is 64.2 Å². The van der Waals surface area contributed by atoms with Crippen molar-refractivity contribution >= 4 is 11.6 Å². The molecule has 5 nitrogen and oxygen atoms in total. The van der Waals surface area contributed by atoms with Crippen molar-refractivity contribution in [1.82, 2.24) is 14.7 Å². The summed E-state index contributed by atoms with van der Waals surface area (Å²) in [5.41, 5.74) is 8.11. The van der Waals surface area contributed by atoms with Crippen LogP contribution in [0.3, 0.4) is 0 Å². The quantitative estimate of drug-likeness (QED) is 0.928. The molecule has 0 saturated carbocycles. The van der Waals surface area contributed by atoms with Crippen LogP contribution >= 0.6 is 0 Å². The normalized spacial score (nSPS) is 10.6. The van der Waals surface area contributed by atoms with Gasteiger partial charge in [-0.05, 0) is 24.6 Å². The maximum Gasteiger partial charge on any atom is 0.274 e. The Bertz CT molecular complexity index is 633. The highest BCUT2D eigenvalue weighted by molar-refractivity contribution is 5.97. The molecule has 0 spiro atoms. The molecule has 2 rings (SSSR count). The van der Waals surface area contributed by atoms with Crippen LogP contribution in [0.25, 0.3) is 0 Å². The van der Waals surface area contributed by atoms with Gasteiger partial charge in [-0.3, -0.25) is 9.48 Å². The Morgan fingerprint density at radius 1 is 1.40 bits per heavy atom. The van der Waals surface area contributed by atoms with Crippen molar-refractivity contribution < 1.29 is 9.18 Å². The maximum absolute atomic E-state index is 12.8. The lowest BCUT2D eigenvalue weighted by atomic mass is 10.2. The van der Waals surface area contributed by atoms with Gasteiger partial charge >= 0.3 is 0 Å². The molecular formula is C14H17FN4O. The summed E-state index contributed by atoms with van der Waals surface area (Å²) in [5.74, 6) is -0.510. The second-order valence-electron chi connectivity index (χ2n) is 4.76. The fraction of sp³-hybridized carbons (Fsp3) is 0.286. The highest BCUT2D eigenvalue weighted by Crippen LogP contribution is 2.18. The zero-order chi connectivity index (χ0) is 14.9. The van der Waals surface area contributed by atoms with Crippen LogP contribution < -0.4 is 5.73 Å². The zero-order valence-corrected chi connectivity index (χ0v) is 11.7. The first-order valence-corrected chi connectivity index (χ1v) is 6.19. The molecule has 0 bridgehead atoms. The van der Waals surface area contributed by atoms with E-state index in [1.54, 1.807) is 33.2 Å². The Morgan fingerprint density at radius 3 is 2.50 bits per heavy atom. The van der Waals surface area contributed by atoms with Crippen molar-refractivity contribution in [3.8, 4) is 0 Å². The van der Waals surface area contributed by atoms with E-state index in [9.17, 15) is 9.18 Å². The minimum Gasteiger partial charge on any atom is -0.395 e. The number of nitrogen functional groups attached to an aromatic ring is 1. The van der Waals surface area contributed by atoms with Crippen molar-refractivity contribution in [2.24, 2.45) is 7.05 Å². The van der Waals surface area contributed by atoms with Crippen molar-refractivity contribution in [3.05, 3.63) is 47.0 Å². The van der Waals surface area contributed by atoms with Crippen LogP contribution in [0.1, 0.15) is 21.7 Å². The average Bonchev–Trinajstić information content (AvgIpc) is 2.65.